The van der Waals surface area contributed by atoms with Gasteiger partial charge in [-0.25, -0.2) is 0 Å². The first-order valence-electron chi connectivity index (χ1n) is 6.10. The van der Waals surface area contributed by atoms with E-state index in [1.807, 2.05) is 38.1 Å². The van der Waals surface area contributed by atoms with Crippen molar-refractivity contribution in [3.8, 4) is 5.75 Å². The van der Waals surface area contributed by atoms with Gasteiger partial charge in [0.15, 0.2) is 0 Å². The van der Waals surface area contributed by atoms with E-state index in [0.717, 1.165) is 12.2 Å². The Bertz CT molecular complexity index is 415. The summed E-state index contributed by atoms with van der Waals surface area (Å²) in [5.41, 5.74) is 6.11. The van der Waals surface area contributed by atoms with Crippen molar-refractivity contribution in [3.63, 3.8) is 0 Å². The molecule has 0 bridgehead atoms. The van der Waals surface area contributed by atoms with Gasteiger partial charge >= 0.3 is 5.97 Å². The highest BCUT2D eigenvalue weighted by atomic mass is 16.5. The largest absolute Gasteiger partial charge is 0.488 e. The van der Waals surface area contributed by atoms with Gasteiger partial charge < -0.3 is 15.6 Å². The number of benzene rings is 1. The van der Waals surface area contributed by atoms with Crippen LogP contribution in [-0.4, -0.2) is 22.7 Å². The number of carboxylic acid groups (broad SMARTS) is 1. The summed E-state index contributed by atoms with van der Waals surface area (Å²) < 4.78 is 5.82. The van der Waals surface area contributed by atoms with Gasteiger partial charge in [0.25, 0.3) is 0 Å². The van der Waals surface area contributed by atoms with Gasteiger partial charge in [0.05, 0.1) is 0 Å². The van der Waals surface area contributed by atoms with Crippen molar-refractivity contribution < 1.29 is 14.6 Å². The molecule has 1 aromatic rings. The lowest BCUT2D eigenvalue weighted by Gasteiger charge is -2.28. The Labute approximate surface area is 108 Å². The molecular formula is C14H21NO3. The summed E-state index contributed by atoms with van der Waals surface area (Å²) in [5, 5.41) is 8.81. The molecule has 0 aliphatic heterocycles. The lowest BCUT2D eigenvalue weighted by molar-refractivity contribution is -0.139. The van der Waals surface area contributed by atoms with Crippen LogP contribution in [0, 0.1) is 0 Å². The average molecular weight is 251 g/mol. The van der Waals surface area contributed by atoms with Crippen LogP contribution in [0.3, 0.4) is 0 Å². The fourth-order valence-corrected chi connectivity index (χ4v) is 1.81. The van der Waals surface area contributed by atoms with Crippen molar-refractivity contribution in [2.24, 2.45) is 5.73 Å². The average Bonchev–Trinajstić information content (AvgIpc) is 2.27. The van der Waals surface area contributed by atoms with Gasteiger partial charge in [0, 0.05) is 6.42 Å². The zero-order valence-electron chi connectivity index (χ0n) is 11.1. The molecule has 0 amide bonds. The Morgan fingerprint density at radius 3 is 2.72 bits per heavy atom. The third-order valence-corrected chi connectivity index (χ3v) is 2.73. The molecule has 18 heavy (non-hydrogen) atoms. The first-order chi connectivity index (χ1) is 8.34. The van der Waals surface area contributed by atoms with Gasteiger partial charge in [-0.1, -0.05) is 19.1 Å². The third kappa shape index (κ3) is 4.37. The van der Waals surface area contributed by atoms with E-state index in [2.05, 4.69) is 6.92 Å². The van der Waals surface area contributed by atoms with Crippen molar-refractivity contribution in [2.45, 2.75) is 45.3 Å². The Morgan fingerprint density at radius 2 is 2.17 bits per heavy atom. The molecule has 100 valence electrons. The van der Waals surface area contributed by atoms with Crippen LogP contribution < -0.4 is 10.5 Å². The number of carbonyl (C=O) groups is 1. The number of aliphatic carboxylic acids is 1. The summed E-state index contributed by atoms with van der Waals surface area (Å²) in [5.74, 6) is -0.258. The number of rotatable bonds is 6. The van der Waals surface area contributed by atoms with Gasteiger partial charge in [-0.15, -0.1) is 0 Å². The van der Waals surface area contributed by atoms with E-state index in [1.54, 1.807) is 0 Å². The maximum Gasteiger partial charge on any atom is 0.320 e. The summed E-state index contributed by atoms with van der Waals surface area (Å²) in [7, 11) is 0. The molecule has 0 heterocycles. The SMILES string of the molecule is CCc1cccc(OC(C)(C)CC(N)C(=O)O)c1. The van der Waals surface area contributed by atoms with Gasteiger partial charge in [-0.2, -0.15) is 0 Å². The molecule has 1 atom stereocenters. The molecule has 0 aliphatic rings. The zero-order chi connectivity index (χ0) is 13.8. The fraction of sp³-hybridized carbons (Fsp3) is 0.500. The minimum absolute atomic E-state index is 0.263. The summed E-state index contributed by atoms with van der Waals surface area (Å²) in [6.45, 7) is 5.76. The number of ether oxygens (including phenoxy) is 1. The second-order valence-electron chi connectivity index (χ2n) is 5.01. The van der Waals surface area contributed by atoms with Crippen molar-refractivity contribution in [1.29, 1.82) is 0 Å². The molecule has 1 rings (SSSR count). The van der Waals surface area contributed by atoms with Crippen molar-refractivity contribution in [2.75, 3.05) is 0 Å². The molecule has 0 saturated heterocycles. The van der Waals surface area contributed by atoms with Crippen LogP contribution in [0.25, 0.3) is 0 Å². The second-order valence-corrected chi connectivity index (χ2v) is 5.01. The molecule has 4 heteroatoms. The first kappa shape index (κ1) is 14.5. The normalized spacial score (nSPS) is 13.1. The first-order valence-corrected chi connectivity index (χ1v) is 6.10. The number of hydrogen-bond donors (Lipinski definition) is 2. The maximum absolute atomic E-state index is 10.7. The monoisotopic (exact) mass is 251 g/mol. The highest BCUT2D eigenvalue weighted by Crippen LogP contribution is 2.23. The van der Waals surface area contributed by atoms with E-state index in [1.165, 1.54) is 5.56 Å². The fourth-order valence-electron chi connectivity index (χ4n) is 1.81. The van der Waals surface area contributed by atoms with E-state index in [0.29, 0.717) is 0 Å². The molecule has 0 fully saturated rings. The quantitative estimate of drug-likeness (QED) is 0.813. The van der Waals surface area contributed by atoms with Crippen molar-refractivity contribution in [1.82, 2.24) is 0 Å². The van der Waals surface area contributed by atoms with Crippen molar-refractivity contribution >= 4 is 5.97 Å². The number of hydrogen-bond acceptors (Lipinski definition) is 3. The molecule has 1 unspecified atom stereocenters. The Hall–Kier alpha value is -1.55. The Kier molecular flexibility index (Phi) is 4.73. The molecule has 0 radical (unpaired) electrons. The van der Waals surface area contributed by atoms with Crippen LogP contribution in [0.4, 0.5) is 0 Å². The standard InChI is InChI=1S/C14H21NO3/c1-4-10-6-5-7-11(8-10)18-14(2,3)9-12(15)13(16)17/h5-8,12H,4,9,15H2,1-3H3,(H,16,17). The Balaban J connectivity index is 2.72. The summed E-state index contributed by atoms with van der Waals surface area (Å²) >= 11 is 0. The number of nitrogens with two attached hydrogens (primary N) is 1. The van der Waals surface area contributed by atoms with Crippen LogP contribution in [0.5, 0.6) is 5.75 Å². The molecule has 0 aliphatic carbocycles. The third-order valence-electron chi connectivity index (χ3n) is 2.73. The van der Waals surface area contributed by atoms with Crippen LogP contribution in [0.1, 0.15) is 32.8 Å². The number of carboxylic acids is 1. The highest BCUT2D eigenvalue weighted by molar-refractivity contribution is 5.73. The molecule has 4 nitrogen and oxygen atoms in total. The highest BCUT2D eigenvalue weighted by Gasteiger charge is 2.26. The lowest BCUT2D eigenvalue weighted by atomic mass is 9.99. The second kappa shape index (κ2) is 5.87. The predicted molar refractivity (Wildman–Crippen MR) is 70.8 cm³/mol. The van der Waals surface area contributed by atoms with Crippen LogP contribution in [0.2, 0.25) is 0 Å². The molecule has 1 aromatic carbocycles. The minimum atomic E-state index is -1.01. The summed E-state index contributed by atoms with van der Waals surface area (Å²) in [4.78, 5) is 10.7. The number of aryl methyl sites for hydroxylation is 1. The molecule has 0 aromatic heterocycles. The van der Waals surface area contributed by atoms with Crippen LogP contribution in [0.15, 0.2) is 24.3 Å². The van der Waals surface area contributed by atoms with E-state index in [4.69, 9.17) is 15.6 Å². The Morgan fingerprint density at radius 1 is 1.50 bits per heavy atom. The molecule has 0 saturated carbocycles. The lowest BCUT2D eigenvalue weighted by Crippen LogP contribution is -2.41. The summed E-state index contributed by atoms with van der Waals surface area (Å²) in [6.07, 6.45) is 1.20. The van der Waals surface area contributed by atoms with Crippen LogP contribution >= 0.6 is 0 Å². The minimum Gasteiger partial charge on any atom is -0.488 e. The molecule has 0 spiro atoms. The van der Waals surface area contributed by atoms with Gasteiger partial charge in [0.2, 0.25) is 0 Å². The smallest absolute Gasteiger partial charge is 0.320 e. The predicted octanol–water partition coefficient (Wildman–Crippen LogP) is 2.21. The topological polar surface area (TPSA) is 72.5 Å². The van der Waals surface area contributed by atoms with Gasteiger partial charge in [-0.3, -0.25) is 4.79 Å². The molecule has 3 N–H and O–H groups in total. The van der Waals surface area contributed by atoms with Gasteiger partial charge in [-0.05, 0) is 38.0 Å². The van der Waals surface area contributed by atoms with Crippen LogP contribution in [-0.2, 0) is 11.2 Å². The van der Waals surface area contributed by atoms with E-state index in [9.17, 15) is 4.79 Å². The van der Waals surface area contributed by atoms with E-state index in [-0.39, 0.29) is 6.42 Å². The van der Waals surface area contributed by atoms with E-state index < -0.39 is 17.6 Å². The van der Waals surface area contributed by atoms with Crippen molar-refractivity contribution in [3.05, 3.63) is 29.8 Å². The zero-order valence-corrected chi connectivity index (χ0v) is 11.1. The maximum atomic E-state index is 10.7. The molecular weight excluding hydrogens is 230 g/mol. The summed E-state index contributed by atoms with van der Waals surface area (Å²) in [6, 6.07) is 6.89. The van der Waals surface area contributed by atoms with E-state index >= 15 is 0 Å². The van der Waals surface area contributed by atoms with Gasteiger partial charge in [0.1, 0.15) is 17.4 Å².